The lowest BCUT2D eigenvalue weighted by Crippen LogP contribution is -2.14. The van der Waals surface area contributed by atoms with Crippen molar-refractivity contribution in [1.82, 2.24) is 0 Å². The molecule has 1 aromatic rings. The molecule has 0 saturated heterocycles. The van der Waals surface area contributed by atoms with E-state index in [0.717, 1.165) is 11.8 Å². The lowest BCUT2D eigenvalue weighted by atomic mass is 10.1. The Hall–Kier alpha value is -2.26. The average molecular weight is 456 g/mol. The standard InChI is InChI=1S/C18H18BrNO6S/c1-4-13(21)20-17-14(18(24)26-5-2)16(23)12(27-17)8-9-6-10(19)15(22)11(7-9)25-3/h6-8,22-23H,4-5H2,1-3H3/b12-8-,20-17?. The number of aliphatic imine (C=N–C) groups is 1. The van der Waals surface area contributed by atoms with E-state index < -0.39 is 11.9 Å². The first kappa shape index (κ1) is 21.0. The molecule has 1 aliphatic heterocycles. The van der Waals surface area contributed by atoms with Crippen molar-refractivity contribution in [2.24, 2.45) is 4.99 Å². The maximum atomic E-state index is 12.2. The van der Waals surface area contributed by atoms with Gasteiger partial charge in [0.25, 0.3) is 0 Å². The van der Waals surface area contributed by atoms with Crippen LogP contribution in [-0.2, 0) is 14.3 Å². The number of halogens is 1. The average Bonchev–Trinajstić information content (AvgIpc) is 2.93. The number of nitrogens with zero attached hydrogens (tertiary/aromatic N) is 1. The predicted molar refractivity (Wildman–Crippen MR) is 107 cm³/mol. The molecular weight excluding hydrogens is 438 g/mol. The maximum Gasteiger partial charge on any atom is 0.344 e. The number of esters is 1. The van der Waals surface area contributed by atoms with Crippen LogP contribution in [0, 0.1) is 0 Å². The topological polar surface area (TPSA) is 105 Å². The Morgan fingerprint density at radius 3 is 2.59 bits per heavy atom. The van der Waals surface area contributed by atoms with Gasteiger partial charge in [0.15, 0.2) is 11.5 Å². The number of carbonyl (C=O) groups is 2. The molecule has 0 fully saturated rings. The Kier molecular flexibility index (Phi) is 7.09. The van der Waals surface area contributed by atoms with Gasteiger partial charge in [0.2, 0.25) is 5.91 Å². The summed E-state index contributed by atoms with van der Waals surface area (Å²) in [6.45, 7) is 3.41. The normalized spacial score (nSPS) is 16.9. The highest BCUT2D eigenvalue weighted by molar-refractivity contribution is 9.10. The van der Waals surface area contributed by atoms with Crippen molar-refractivity contribution in [3.8, 4) is 11.5 Å². The highest BCUT2D eigenvalue weighted by atomic mass is 79.9. The van der Waals surface area contributed by atoms with E-state index in [9.17, 15) is 19.8 Å². The summed E-state index contributed by atoms with van der Waals surface area (Å²) >= 11 is 4.22. The molecular formula is C18H18BrNO6S. The number of ether oxygens (including phenoxy) is 2. The number of benzene rings is 1. The van der Waals surface area contributed by atoms with Crippen LogP contribution in [0.3, 0.4) is 0 Å². The van der Waals surface area contributed by atoms with Crippen LogP contribution in [0.2, 0.25) is 0 Å². The lowest BCUT2D eigenvalue weighted by Gasteiger charge is -2.07. The summed E-state index contributed by atoms with van der Waals surface area (Å²) in [7, 11) is 1.42. The highest BCUT2D eigenvalue weighted by Gasteiger charge is 2.33. The van der Waals surface area contributed by atoms with Gasteiger partial charge in [-0.15, -0.1) is 0 Å². The van der Waals surface area contributed by atoms with Crippen LogP contribution in [-0.4, -0.2) is 40.8 Å². The van der Waals surface area contributed by atoms with E-state index in [-0.39, 0.29) is 40.9 Å². The van der Waals surface area contributed by atoms with E-state index in [0.29, 0.717) is 14.9 Å². The molecule has 0 bridgehead atoms. The molecule has 1 amide bonds. The predicted octanol–water partition coefficient (Wildman–Crippen LogP) is 3.96. The number of methoxy groups -OCH3 is 1. The fourth-order valence-electron chi connectivity index (χ4n) is 2.17. The van der Waals surface area contributed by atoms with Gasteiger partial charge in [-0.1, -0.05) is 18.7 Å². The second-order valence-electron chi connectivity index (χ2n) is 5.27. The fraction of sp³-hybridized carbons (Fsp3) is 0.278. The lowest BCUT2D eigenvalue weighted by molar-refractivity contribution is -0.138. The number of aliphatic hydroxyl groups excluding tert-OH is 1. The number of thioether (sulfide) groups is 1. The smallest absolute Gasteiger partial charge is 0.344 e. The van der Waals surface area contributed by atoms with Crippen LogP contribution in [0.5, 0.6) is 11.5 Å². The monoisotopic (exact) mass is 455 g/mol. The third-order valence-electron chi connectivity index (χ3n) is 3.47. The minimum absolute atomic E-state index is 0.0542. The highest BCUT2D eigenvalue weighted by Crippen LogP contribution is 2.41. The molecule has 0 spiro atoms. The minimum atomic E-state index is -0.752. The third-order valence-corrected chi connectivity index (χ3v) is 5.09. The number of phenolic OH excluding ortho intramolecular Hbond substituents is 1. The van der Waals surface area contributed by atoms with Crippen LogP contribution >= 0.6 is 27.7 Å². The second-order valence-corrected chi connectivity index (χ2v) is 7.16. The van der Waals surface area contributed by atoms with Crippen LogP contribution in [0.25, 0.3) is 6.08 Å². The third kappa shape index (κ3) is 4.72. The Morgan fingerprint density at radius 1 is 1.30 bits per heavy atom. The van der Waals surface area contributed by atoms with E-state index in [1.165, 1.54) is 7.11 Å². The van der Waals surface area contributed by atoms with Crippen molar-refractivity contribution in [1.29, 1.82) is 0 Å². The van der Waals surface area contributed by atoms with E-state index in [1.54, 1.807) is 32.1 Å². The van der Waals surface area contributed by atoms with E-state index in [2.05, 4.69) is 20.9 Å². The van der Waals surface area contributed by atoms with Gasteiger partial charge in [-0.3, -0.25) is 4.79 Å². The Bertz CT molecular complexity index is 875. The molecule has 27 heavy (non-hydrogen) atoms. The summed E-state index contributed by atoms with van der Waals surface area (Å²) in [6.07, 6.45) is 1.76. The summed E-state index contributed by atoms with van der Waals surface area (Å²) in [5, 5.41) is 20.5. The number of rotatable bonds is 5. The fourth-order valence-corrected chi connectivity index (χ4v) is 3.66. The van der Waals surface area contributed by atoms with Gasteiger partial charge in [-0.25, -0.2) is 9.79 Å². The first-order valence-corrected chi connectivity index (χ1v) is 9.61. The number of aliphatic hydroxyl groups is 1. The molecule has 2 rings (SSSR count). The molecule has 9 heteroatoms. The van der Waals surface area contributed by atoms with E-state index >= 15 is 0 Å². The van der Waals surface area contributed by atoms with Gasteiger partial charge < -0.3 is 19.7 Å². The van der Waals surface area contributed by atoms with Gasteiger partial charge in [0, 0.05) is 6.42 Å². The molecule has 1 aliphatic rings. The van der Waals surface area contributed by atoms with Crippen molar-refractivity contribution >= 4 is 50.7 Å². The van der Waals surface area contributed by atoms with E-state index in [4.69, 9.17) is 9.47 Å². The zero-order valence-electron chi connectivity index (χ0n) is 14.9. The molecule has 7 nitrogen and oxygen atoms in total. The van der Waals surface area contributed by atoms with Crippen LogP contribution in [0.1, 0.15) is 25.8 Å². The number of carbonyl (C=O) groups excluding carboxylic acids is 2. The number of hydrogen-bond donors (Lipinski definition) is 2. The quantitative estimate of drug-likeness (QED) is 0.647. The van der Waals surface area contributed by atoms with Gasteiger partial charge in [0.1, 0.15) is 16.4 Å². The number of hydrogen-bond acceptors (Lipinski definition) is 7. The minimum Gasteiger partial charge on any atom is -0.506 e. The molecule has 144 valence electrons. The Labute approximate surface area is 168 Å². The Morgan fingerprint density at radius 2 is 2.00 bits per heavy atom. The largest absolute Gasteiger partial charge is 0.506 e. The molecule has 0 aliphatic carbocycles. The van der Waals surface area contributed by atoms with Gasteiger partial charge in [-0.2, -0.15) is 0 Å². The number of phenols is 1. The van der Waals surface area contributed by atoms with E-state index in [1.807, 2.05) is 0 Å². The van der Waals surface area contributed by atoms with Crippen molar-refractivity contribution in [2.75, 3.05) is 13.7 Å². The number of amides is 1. The molecule has 0 saturated carbocycles. The molecule has 1 aromatic carbocycles. The van der Waals surface area contributed by atoms with Crippen molar-refractivity contribution < 1.29 is 29.3 Å². The second kappa shape index (κ2) is 9.09. The maximum absolute atomic E-state index is 12.2. The molecule has 0 atom stereocenters. The summed E-state index contributed by atoms with van der Waals surface area (Å²) < 4.78 is 10.5. The zero-order valence-corrected chi connectivity index (χ0v) is 17.3. The zero-order chi connectivity index (χ0) is 20.1. The van der Waals surface area contributed by atoms with Crippen LogP contribution < -0.4 is 4.74 Å². The van der Waals surface area contributed by atoms with Gasteiger partial charge in [-0.05, 0) is 46.6 Å². The van der Waals surface area contributed by atoms with Crippen molar-refractivity contribution in [2.45, 2.75) is 20.3 Å². The van der Waals surface area contributed by atoms with Crippen LogP contribution in [0.15, 0.2) is 37.8 Å². The summed E-state index contributed by atoms with van der Waals surface area (Å²) in [5.41, 5.74) is 0.455. The summed E-state index contributed by atoms with van der Waals surface area (Å²) in [6, 6.07) is 3.19. The molecule has 0 radical (unpaired) electrons. The van der Waals surface area contributed by atoms with Gasteiger partial charge in [0.05, 0.1) is 23.1 Å². The van der Waals surface area contributed by atoms with Crippen molar-refractivity contribution in [3.05, 3.63) is 38.4 Å². The summed E-state index contributed by atoms with van der Waals surface area (Å²) in [5.74, 6) is -1.30. The molecule has 1 heterocycles. The Balaban J connectivity index is 2.53. The molecule has 0 aromatic heterocycles. The first-order chi connectivity index (χ1) is 12.8. The first-order valence-electron chi connectivity index (χ1n) is 8.00. The van der Waals surface area contributed by atoms with Gasteiger partial charge >= 0.3 is 5.97 Å². The molecule has 0 unspecified atom stereocenters. The van der Waals surface area contributed by atoms with Crippen molar-refractivity contribution in [3.63, 3.8) is 0 Å². The SMILES string of the molecule is CCOC(=O)C1=C(O)/C(=C/c2cc(Br)c(O)c(OC)c2)SC1=NC(=O)CC. The summed E-state index contributed by atoms with van der Waals surface area (Å²) in [4.78, 5) is 28.1. The number of aromatic hydroxyl groups is 1. The molecule has 2 N–H and O–H groups in total. The van der Waals surface area contributed by atoms with Crippen LogP contribution in [0.4, 0.5) is 0 Å².